The van der Waals surface area contributed by atoms with Crippen molar-refractivity contribution in [3.8, 4) is 0 Å². The molecule has 0 radical (unpaired) electrons. The number of piperazine rings is 1. The molecule has 1 aromatic carbocycles. The number of amides is 2. The summed E-state index contributed by atoms with van der Waals surface area (Å²) >= 11 is 5.96. The van der Waals surface area contributed by atoms with Gasteiger partial charge < -0.3 is 14.2 Å². The SMILES string of the molecule is O=C(Cn1cnnn1)N1CCN(C(=O)c2cc3cc(Cl)ccc3o2)CC1. The second-order valence-electron chi connectivity index (χ2n) is 5.97. The third-order valence-electron chi connectivity index (χ3n) is 4.30. The van der Waals surface area contributed by atoms with E-state index in [1.165, 1.54) is 11.0 Å². The van der Waals surface area contributed by atoms with Crippen LogP contribution in [0.2, 0.25) is 5.02 Å². The maximum Gasteiger partial charge on any atom is 0.289 e. The van der Waals surface area contributed by atoms with Gasteiger partial charge in [-0.3, -0.25) is 9.59 Å². The molecule has 2 aromatic heterocycles. The molecule has 0 bridgehead atoms. The minimum Gasteiger partial charge on any atom is -0.451 e. The third kappa shape index (κ3) is 3.25. The molecule has 0 spiro atoms. The Morgan fingerprint density at radius 2 is 1.88 bits per heavy atom. The van der Waals surface area contributed by atoms with Gasteiger partial charge in [0.15, 0.2) is 5.76 Å². The normalized spacial score (nSPS) is 14.8. The van der Waals surface area contributed by atoms with Crippen LogP contribution in [0.25, 0.3) is 11.0 Å². The van der Waals surface area contributed by atoms with E-state index >= 15 is 0 Å². The molecule has 2 amide bonds. The fourth-order valence-electron chi connectivity index (χ4n) is 2.93. The van der Waals surface area contributed by atoms with Crippen molar-refractivity contribution in [2.75, 3.05) is 26.2 Å². The quantitative estimate of drug-likeness (QED) is 0.680. The first kappa shape index (κ1) is 16.5. The van der Waals surface area contributed by atoms with Gasteiger partial charge in [0.05, 0.1) is 0 Å². The van der Waals surface area contributed by atoms with E-state index in [2.05, 4.69) is 15.5 Å². The molecule has 0 unspecified atom stereocenters. The number of halogens is 1. The number of hydrogen-bond acceptors (Lipinski definition) is 6. The van der Waals surface area contributed by atoms with E-state index in [0.717, 1.165) is 5.39 Å². The van der Waals surface area contributed by atoms with E-state index in [4.69, 9.17) is 16.0 Å². The number of hydrogen-bond donors (Lipinski definition) is 0. The molecule has 0 aliphatic carbocycles. The summed E-state index contributed by atoms with van der Waals surface area (Å²) in [6.45, 7) is 1.89. The molecule has 0 saturated carbocycles. The Balaban J connectivity index is 1.39. The fourth-order valence-corrected chi connectivity index (χ4v) is 3.11. The van der Waals surface area contributed by atoms with Crippen LogP contribution in [0.4, 0.5) is 0 Å². The number of benzene rings is 1. The van der Waals surface area contributed by atoms with Crippen molar-refractivity contribution in [3.05, 3.63) is 41.4 Å². The number of carbonyl (C=O) groups is 2. The Morgan fingerprint density at radius 3 is 2.62 bits per heavy atom. The summed E-state index contributed by atoms with van der Waals surface area (Å²) in [4.78, 5) is 28.3. The fraction of sp³-hybridized carbons (Fsp3) is 0.312. The average molecular weight is 375 g/mol. The van der Waals surface area contributed by atoms with Crippen molar-refractivity contribution < 1.29 is 14.0 Å². The van der Waals surface area contributed by atoms with Gasteiger partial charge >= 0.3 is 0 Å². The standard InChI is InChI=1S/C16H15ClN6O3/c17-12-1-2-13-11(7-12)8-14(26-13)16(25)22-5-3-21(4-6-22)15(24)9-23-10-18-19-20-23/h1-2,7-8,10H,3-6,9H2. The molecule has 1 aliphatic rings. The molecule has 1 fully saturated rings. The number of furan rings is 1. The zero-order valence-electron chi connectivity index (χ0n) is 13.7. The lowest BCUT2D eigenvalue weighted by Crippen LogP contribution is -2.51. The van der Waals surface area contributed by atoms with Crippen LogP contribution in [-0.4, -0.2) is 68.0 Å². The van der Waals surface area contributed by atoms with E-state index < -0.39 is 0 Å². The predicted molar refractivity (Wildman–Crippen MR) is 91.5 cm³/mol. The topological polar surface area (TPSA) is 97.4 Å². The van der Waals surface area contributed by atoms with Gasteiger partial charge in [-0.1, -0.05) is 11.6 Å². The highest BCUT2D eigenvalue weighted by Gasteiger charge is 2.26. The van der Waals surface area contributed by atoms with Crippen LogP contribution >= 0.6 is 11.6 Å². The van der Waals surface area contributed by atoms with E-state index in [9.17, 15) is 9.59 Å². The van der Waals surface area contributed by atoms with Crippen molar-refractivity contribution in [1.29, 1.82) is 0 Å². The average Bonchev–Trinajstić information content (AvgIpc) is 3.30. The van der Waals surface area contributed by atoms with Crippen molar-refractivity contribution in [2.24, 2.45) is 0 Å². The van der Waals surface area contributed by atoms with Crippen LogP contribution < -0.4 is 0 Å². The third-order valence-corrected chi connectivity index (χ3v) is 4.53. The van der Waals surface area contributed by atoms with Gasteiger partial charge in [-0.15, -0.1) is 5.10 Å². The van der Waals surface area contributed by atoms with Gasteiger partial charge in [0.25, 0.3) is 5.91 Å². The molecule has 9 nitrogen and oxygen atoms in total. The number of aromatic nitrogens is 4. The summed E-state index contributed by atoms with van der Waals surface area (Å²) in [7, 11) is 0. The summed E-state index contributed by atoms with van der Waals surface area (Å²) in [5.74, 6) is 0.00316. The van der Waals surface area contributed by atoms with Gasteiger partial charge in [0.1, 0.15) is 18.5 Å². The summed E-state index contributed by atoms with van der Waals surface area (Å²) < 4.78 is 7.00. The Labute approximate surface area is 153 Å². The molecule has 3 heterocycles. The molecular weight excluding hydrogens is 360 g/mol. The van der Waals surface area contributed by atoms with Crippen LogP contribution in [0.15, 0.2) is 35.0 Å². The summed E-state index contributed by atoms with van der Waals surface area (Å²) in [5.41, 5.74) is 0.619. The lowest BCUT2D eigenvalue weighted by molar-refractivity contribution is -0.133. The number of rotatable bonds is 3. The molecule has 26 heavy (non-hydrogen) atoms. The minimum atomic E-state index is -0.190. The van der Waals surface area contributed by atoms with E-state index in [0.29, 0.717) is 36.8 Å². The van der Waals surface area contributed by atoms with E-state index in [1.54, 1.807) is 34.1 Å². The second kappa shape index (κ2) is 6.75. The summed E-state index contributed by atoms with van der Waals surface area (Å²) in [5, 5.41) is 12.1. The molecule has 4 rings (SSSR count). The molecule has 1 saturated heterocycles. The maximum atomic E-state index is 12.7. The zero-order valence-corrected chi connectivity index (χ0v) is 14.5. The number of fused-ring (bicyclic) bond motifs is 1. The molecule has 3 aromatic rings. The molecule has 0 N–H and O–H groups in total. The highest BCUT2D eigenvalue weighted by Crippen LogP contribution is 2.24. The Morgan fingerprint density at radius 1 is 1.12 bits per heavy atom. The molecular formula is C16H15ClN6O3. The zero-order chi connectivity index (χ0) is 18.1. The second-order valence-corrected chi connectivity index (χ2v) is 6.41. The Bertz CT molecular complexity index is 946. The first-order valence-corrected chi connectivity index (χ1v) is 8.45. The van der Waals surface area contributed by atoms with Gasteiger partial charge in [0.2, 0.25) is 5.91 Å². The highest BCUT2D eigenvalue weighted by atomic mass is 35.5. The monoisotopic (exact) mass is 374 g/mol. The molecule has 0 atom stereocenters. The number of carbonyl (C=O) groups excluding carboxylic acids is 2. The first-order valence-electron chi connectivity index (χ1n) is 8.07. The van der Waals surface area contributed by atoms with Crippen LogP contribution in [-0.2, 0) is 11.3 Å². The van der Waals surface area contributed by atoms with E-state index in [1.807, 2.05) is 0 Å². The van der Waals surface area contributed by atoms with Gasteiger partial charge in [-0.25, -0.2) is 4.68 Å². The van der Waals surface area contributed by atoms with E-state index in [-0.39, 0.29) is 24.1 Å². The minimum absolute atomic E-state index is 0.0808. The largest absolute Gasteiger partial charge is 0.451 e. The van der Waals surface area contributed by atoms with Crippen molar-refractivity contribution in [2.45, 2.75) is 6.54 Å². The van der Waals surface area contributed by atoms with Crippen LogP contribution in [0.5, 0.6) is 0 Å². The van der Waals surface area contributed by atoms with Crippen LogP contribution in [0.1, 0.15) is 10.6 Å². The molecule has 134 valence electrons. The number of tetrazole rings is 1. The van der Waals surface area contributed by atoms with Crippen molar-refractivity contribution in [1.82, 2.24) is 30.0 Å². The van der Waals surface area contributed by atoms with Gasteiger partial charge in [-0.2, -0.15) is 0 Å². The highest BCUT2D eigenvalue weighted by molar-refractivity contribution is 6.31. The maximum absolute atomic E-state index is 12.7. The lowest BCUT2D eigenvalue weighted by Gasteiger charge is -2.34. The van der Waals surface area contributed by atoms with Gasteiger partial charge in [-0.05, 0) is 34.7 Å². The summed E-state index contributed by atoms with van der Waals surface area (Å²) in [6, 6.07) is 6.91. The smallest absolute Gasteiger partial charge is 0.289 e. The Hall–Kier alpha value is -2.94. The molecule has 10 heteroatoms. The Kier molecular flexibility index (Phi) is 4.29. The number of nitrogens with zero attached hydrogens (tertiary/aromatic N) is 6. The summed E-state index contributed by atoms with van der Waals surface area (Å²) in [6.07, 6.45) is 1.39. The predicted octanol–water partition coefficient (Wildman–Crippen LogP) is 1.06. The first-order chi connectivity index (χ1) is 12.6. The van der Waals surface area contributed by atoms with Crippen molar-refractivity contribution in [3.63, 3.8) is 0 Å². The van der Waals surface area contributed by atoms with Crippen LogP contribution in [0.3, 0.4) is 0 Å². The van der Waals surface area contributed by atoms with Crippen molar-refractivity contribution >= 4 is 34.4 Å². The molecule has 1 aliphatic heterocycles. The van der Waals surface area contributed by atoms with Gasteiger partial charge in [0, 0.05) is 36.6 Å². The van der Waals surface area contributed by atoms with Crippen LogP contribution in [0, 0.1) is 0 Å². The lowest BCUT2D eigenvalue weighted by atomic mass is 10.2.